The second-order valence-electron chi connectivity index (χ2n) is 10.6. The highest BCUT2D eigenvalue weighted by molar-refractivity contribution is 6.08. The molecule has 3 aliphatic heterocycles. The number of ether oxygens (including phenoxy) is 1. The number of phenols is 1. The number of carbonyl (C=O) groups excluding carboxylic acids is 2. The lowest BCUT2D eigenvalue weighted by Crippen LogP contribution is -2.53. The Morgan fingerprint density at radius 3 is 2.68 bits per heavy atom. The third-order valence-corrected chi connectivity index (χ3v) is 8.19. The van der Waals surface area contributed by atoms with E-state index in [1.165, 1.54) is 17.7 Å². The zero-order valence-corrected chi connectivity index (χ0v) is 21.5. The van der Waals surface area contributed by atoms with E-state index in [0.717, 1.165) is 59.5 Å². The largest absolute Gasteiger partial charge is 0.508 e. The molecule has 0 radical (unpaired) electrons. The van der Waals surface area contributed by atoms with E-state index >= 15 is 0 Å². The first-order chi connectivity index (χ1) is 17.9. The van der Waals surface area contributed by atoms with Gasteiger partial charge in [-0.25, -0.2) is 4.79 Å². The van der Waals surface area contributed by atoms with E-state index in [4.69, 9.17) is 4.74 Å². The summed E-state index contributed by atoms with van der Waals surface area (Å²) in [5, 5.41) is 11.3. The van der Waals surface area contributed by atoms with Crippen molar-refractivity contribution in [2.24, 2.45) is 0 Å². The number of nitrogens with one attached hydrogen (secondary N) is 1. The fourth-order valence-corrected chi connectivity index (χ4v) is 6.45. The van der Waals surface area contributed by atoms with Crippen molar-refractivity contribution in [3.05, 3.63) is 59.3 Å². The van der Waals surface area contributed by atoms with Gasteiger partial charge in [-0.1, -0.05) is 12.1 Å². The minimum Gasteiger partial charge on any atom is -0.508 e. The highest BCUT2D eigenvalue weighted by atomic mass is 16.5. The van der Waals surface area contributed by atoms with Gasteiger partial charge in [0, 0.05) is 29.6 Å². The van der Waals surface area contributed by atoms with Gasteiger partial charge in [0.25, 0.3) is 5.91 Å². The first-order valence-corrected chi connectivity index (χ1v) is 13.3. The third kappa shape index (κ3) is 3.85. The summed E-state index contributed by atoms with van der Waals surface area (Å²) in [7, 11) is 0. The van der Waals surface area contributed by atoms with Crippen LogP contribution in [-0.2, 0) is 11.2 Å². The van der Waals surface area contributed by atoms with Crippen LogP contribution in [0.3, 0.4) is 0 Å². The number of H-pyrrole nitrogens is 1. The molecule has 194 valence electrons. The Labute approximate surface area is 216 Å². The molecule has 0 saturated carbocycles. The highest BCUT2D eigenvalue weighted by Gasteiger charge is 2.60. The van der Waals surface area contributed by atoms with Gasteiger partial charge in [-0.2, -0.15) is 0 Å². The van der Waals surface area contributed by atoms with E-state index in [2.05, 4.69) is 9.88 Å². The fraction of sp³-hybridized carbons (Fsp3) is 0.448. The van der Waals surface area contributed by atoms with Crippen molar-refractivity contribution in [2.45, 2.75) is 51.1 Å². The van der Waals surface area contributed by atoms with Gasteiger partial charge in [-0.05, 0) is 94.2 Å². The number of benzene rings is 2. The average molecular weight is 503 g/mol. The van der Waals surface area contributed by atoms with Crippen LogP contribution in [-0.4, -0.2) is 75.1 Å². The molecule has 0 aliphatic carbocycles. The number of aromatic amines is 1. The molecule has 37 heavy (non-hydrogen) atoms. The monoisotopic (exact) mass is 502 g/mol. The summed E-state index contributed by atoms with van der Waals surface area (Å²) in [5.74, 6) is 0.752. The Morgan fingerprint density at radius 2 is 1.92 bits per heavy atom. The molecule has 2 N–H and O–H groups in total. The summed E-state index contributed by atoms with van der Waals surface area (Å²) in [6, 6.07) is 12.1. The molecular weight excluding hydrogens is 468 g/mol. The van der Waals surface area contributed by atoms with Crippen LogP contribution in [0.5, 0.6) is 11.5 Å². The van der Waals surface area contributed by atoms with Crippen LogP contribution in [0.1, 0.15) is 56.0 Å². The highest BCUT2D eigenvalue weighted by Crippen LogP contribution is 2.49. The van der Waals surface area contributed by atoms with Gasteiger partial charge in [0.1, 0.15) is 23.1 Å². The van der Waals surface area contributed by atoms with Crippen molar-refractivity contribution in [2.75, 3.05) is 32.8 Å². The van der Waals surface area contributed by atoms with E-state index in [0.29, 0.717) is 19.6 Å². The second-order valence-corrected chi connectivity index (χ2v) is 10.6. The van der Waals surface area contributed by atoms with Crippen molar-refractivity contribution in [3.63, 3.8) is 0 Å². The molecule has 1 aromatic heterocycles. The van der Waals surface area contributed by atoms with Crippen molar-refractivity contribution < 1.29 is 19.4 Å². The Kier molecular flexibility index (Phi) is 5.87. The number of rotatable bonds is 7. The first-order valence-electron chi connectivity index (χ1n) is 13.3. The quantitative estimate of drug-likeness (QED) is 0.467. The molecule has 6 rings (SSSR count). The Balaban J connectivity index is 1.42. The zero-order valence-electron chi connectivity index (χ0n) is 21.5. The number of phenolic OH excluding ortho intramolecular Hbond substituents is 1. The van der Waals surface area contributed by atoms with Crippen molar-refractivity contribution in [1.82, 2.24) is 19.7 Å². The van der Waals surface area contributed by atoms with Gasteiger partial charge < -0.3 is 19.7 Å². The maximum atomic E-state index is 13.9. The first kappa shape index (κ1) is 23.9. The minimum atomic E-state index is -1.02. The number of aromatic nitrogens is 1. The number of carbonyl (C=O) groups is 2. The van der Waals surface area contributed by atoms with Gasteiger partial charge in [0.05, 0.1) is 6.61 Å². The molecule has 4 heterocycles. The van der Waals surface area contributed by atoms with Gasteiger partial charge in [-0.15, -0.1) is 0 Å². The number of amides is 3. The van der Waals surface area contributed by atoms with Gasteiger partial charge >= 0.3 is 6.03 Å². The standard InChI is InChI=1S/C29H34N4O4/c1-3-37-21-10-11-24-22(17-21)23-18-29(2)27(35)32(15-7-14-31-12-4-5-13-31)28(36)33(29)26(25(23)30-24)19-8-6-9-20(34)16-19/h6,8-11,16-17,26,30,34H,3-5,7,12-15,18H2,1-2H3/t26-,29+/m1/s1. The molecule has 2 atom stereocenters. The molecule has 0 spiro atoms. The summed E-state index contributed by atoms with van der Waals surface area (Å²) in [6.45, 7) is 7.90. The van der Waals surface area contributed by atoms with Crippen molar-refractivity contribution in [1.29, 1.82) is 0 Å². The van der Waals surface area contributed by atoms with E-state index in [1.54, 1.807) is 23.1 Å². The Hall–Kier alpha value is -3.52. The zero-order chi connectivity index (χ0) is 25.7. The summed E-state index contributed by atoms with van der Waals surface area (Å²) in [6.07, 6.45) is 3.62. The number of hydrogen-bond acceptors (Lipinski definition) is 5. The van der Waals surface area contributed by atoms with E-state index < -0.39 is 11.6 Å². The van der Waals surface area contributed by atoms with E-state index in [9.17, 15) is 14.7 Å². The molecule has 2 fully saturated rings. The molecule has 2 saturated heterocycles. The molecule has 3 aromatic rings. The topological polar surface area (TPSA) is 89.1 Å². The predicted octanol–water partition coefficient (Wildman–Crippen LogP) is 4.43. The fourth-order valence-electron chi connectivity index (χ4n) is 6.45. The molecule has 8 heteroatoms. The Morgan fingerprint density at radius 1 is 1.11 bits per heavy atom. The Bertz CT molecular complexity index is 1360. The van der Waals surface area contributed by atoms with Crippen LogP contribution in [0.25, 0.3) is 10.9 Å². The lowest BCUT2D eigenvalue weighted by Gasteiger charge is -2.42. The average Bonchev–Trinajstić information content (AvgIpc) is 3.57. The third-order valence-electron chi connectivity index (χ3n) is 8.19. The normalized spacial score (nSPS) is 23.7. The van der Waals surface area contributed by atoms with E-state index in [-0.39, 0.29) is 17.7 Å². The summed E-state index contributed by atoms with van der Waals surface area (Å²) in [5.41, 5.74) is 2.58. The van der Waals surface area contributed by atoms with E-state index in [1.807, 2.05) is 38.1 Å². The molecule has 2 aromatic carbocycles. The van der Waals surface area contributed by atoms with Crippen LogP contribution in [0.4, 0.5) is 4.79 Å². The van der Waals surface area contributed by atoms with Crippen LogP contribution < -0.4 is 4.74 Å². The van der Waals surface area contributed by atoms with Gasteiger partial charge in [0.15, 0.2) is 0 Å². The van der Waals surface area contributed by atoms with Crippen molar-refractivity contribution in [3.8, 4) is 11.5 Å². The number of imide groups is 1. The molecule has 0 bridgehead atoms. The smallest absolute Gasteiger partial charge is 0.328 e. The molecule has 3 aliphatic rings. The SMILES string of the molecule is CCOc1ccc2[nH]c3c(c2c1)C[C@@]1(C)C(=O)N(CCCN2CCCC2)C(=O)N1[C@@H]3c1cccc(O)c1. The van der Waals surface area contributed by atoms with Crippen LogP contribution in [0, 0.1) is 0 Å². The maximum absolute atomic E-state index is 13.9. The van der Waals surface area contributed by atoms with Crippen LogP contribution in [0.15, 0.2) is 42.5 Å². The lowest BCUT2D eigenvalue weighted by molar-refractivity contribution is -0.133. The summed E-state index contributed by atoms with van der Waals surface area (Å²) < 4.78 is 5.76. The number of urea groups is 1. The molecule has 8 nitrogen and oxygen atoms in total. The summed E-state index contributed by atoms with van der Waals surface area (Å²) in [4.78, 5) is 37.0. The number of aromatic hydroxyl groups is 1. The minimum absolute atomic E-state index is 0.126. The van der Waals surface area contributed by atoms with Crippen LogP contribution in [0.2, 0.25) is 0 Å². The molecule has 0 unspecified atom stereocenters. The molecule has 3 amide bonds. The predicted molar refractivity (Wildman–Crippen MR) is 141 cm³/mol. The second kappa shape index (κ2) is 9.10. The number of fused-ring (bicyclic) bond motifs is 4. The van der Waals surface area contributed by atoms with Gasteiger partial charge in [0.2, 0.25) is 0 Å². The number of likely N-dealkylation sites (tertiary alicyclic amines) is 1. The maximum Gasteiger partial charge on any atom is 0.328 e. The number of hydrogen-bond donors (Lipinski definition) is 2. The number of nitrogens with zero attached hydrogens (tertiary/aromatic N) is 3. The lowest BCUT2D eigenvalue weighted by atomic mass is 9.81. The van der Waals surface area contributed by atoms with Crippen LogP contribution >= 0.6 is 0 Å². The molecular formula is C29H34N4O4. The summed E-state index contributed by atoms with van der Waals surface area (Å²) >= 11 is 0. The van der Waals surface area contributed by atoms with Crippen molar-refractivity contribution >= 4 is 22.8 Å². The van der Waals surface area contributed by atoms with Gasteiger partial charge in [-0.3, -0.25) is 14.6 Å².